The number of anilines is 1. The van der Waals surface area contributed by atoms with E-state index in [0.717, 1.165) is 11.7 Å². The van der Waals surface area contributed by atoms with E-state index in [1.807, 2.05) is 6.20 Å². The minimum absolute atomic E-state index is 0.544. The van der Waals surface area contributed by atoms with Crippen molar-refractivity contribution in [3.63, 3.8) is 0 Å². The smallest absolute Gasteiger partial charge is 0.132 e. The zero-order valence-corrected chi connectivity index (χ0v) is 12.8. The standard InChI is InChI=1S/C16H27N3/c1-13(2)12-19-11-6-5-9-15(19)14-8-7-10-17-16(14)18(3)4/h7-8,10,13,15H,5-6,9,11-12H2,1-4H3/t15-/m0/s1. The minimum Gasteiger partial charge on any atom is -0.362 e. The van der Waals surface area contributed by atoms with Gasteiger partial charge in [0.25, 0.3) is 0 Å². The van der Waals surface area contributed by atoms with Crippen LogP contribution in [0.2, 0.25) is 0 Å². The van der Waals surface area contributed by atoms with E-state index in [9.17, 15) is 0 Å². The van der Waals surface area contributed by atoms with Crippen molar-refractivity contribution in [1.82, 2.24) is 9.88 Å². The highest BCUT2D eigenvalue weighted by Crippen LogP contribution is 2.35. The molecule has 0 unspecified atom stereocenters. The van der Waals surface area contributed by atoms with E-state index in [1.165, 1.54) is 37.9 Å². The molecule has 19 heavy (non-hydrogen) atoms. The highest BCUT2D eigenvalue weighted by Gasteiger charge is 2.26. The molecule has 0 N–H and O–H groups in total. The van der Waals surface area contributed by atoms with E-state index in [0.29, 0.717) is 6.04 Å². The Balaban J connectivity index is 2.26. The predicted octanol–water partition coefficient (Wildman–Crippen LogP) is 3.33. The van der Waals surface area contributed by atoms with Crippen LogP contribution in [0.5, 0.6) is 0 Å². The Labute approximate surface area is 117 Å². The molecule has 0 bridgehead atoms. The molecule has 1 aromatic rings. The maximum Gasteiger partial charge on any atom is 0.132 e. The fourth-order valence-electron chi connectivity index (χ4n) is 3.07. The molecule has 3 nitrogen and oxygen atoms in total. The molecular formula is C16H27N3. The van der Waals surface area contributed by atoms with E-state index in [4.69, 9.17) is 0 Å². The maximum absolute atomic E-state index is 4.57. The van der Waals surface area contributed by atoms with Crippen molar-refractivity contribution in [3.05, 3.63) is 23.9 Å². The number of nitrogens with zero attached hydrogens (tertiary/aromatic N) is 3. The monoisotopic (exact) mass is 261 g/mol. The van der Waals surface area contributed by atoms with Crippen LogP contribution in [0, 0.1) is 5.92 Å². The van der Waals surface area contributed by atoms with Crippen LogP contribution in [-0.4, -0.2) is 37.1 Å². The number of pyridine rings is 1. The van der Waals surface area contributed by atoms with Crippen LogP contribution in [0.3, 0.4) is 0 Å². The average molecular weight is 261 g/mol. The Bertz CT molecular complexity index is 401. The highest BCUT2D eigenvalue weighted by atomic mass is 15.2. The van der Waals surface area contributed by atoms with Gasteiger partial charge in [-0.2, -0.15) is 0 Å². The third kappa shape index (κ3) is 3.47. The molecule has 0 aliphatic carbocycles. The van der Waals surface area contributed by atoms with Crippen molar-refractivity contribution in [1.29, 1.82) is 0 Å². The van der Waals surface area contributed by atoms with Gasteiger partial charge < -0.3 is 4.90 Å². The average Bonchev–Trinajstić information content (AvgIpc) is 2.38. The summed E-state index contributed by atoms with van der Waals surface area (Å²) in [5.41, 5.74) is 1.40. The van der Waals surface area contributed by atoms with Crippen LogP contribution in [0.25, 0.3) is 0 Å². The van der Waals surface area contributed by atoms with Gasteiger partial charge in [-0.15, -0.1) is 0 Å². The van der Waals surface area contributed by atoms with Crippen molar-refractivity contribution in [2.75, 3.05) is 32.1 Å². The van der Waals surface area contributed by atoms with Gasteiger partial charge >= 0.3 is 0 Å². The molecule has 1 aliphatic heterocycles. The summed E-state index contributed by atoms with van der Waals surface area (Å²) in [5, 5.41) is 0. The lowest BCUT2D eigenvalue weighted by atomic mass is 9.94. The van der Waals surface area contributed by atoms with Gasteiger partial charge in [0.2, 0.25) is 0 Å². The van der Waals surface area contributed by atoms with Gasteiger partial charge in [-0.1, -0.05) is 26.3 Å². The van der Waals surface area contributed by atoms with Crippen LogP contribution in [0.4, 0.5) is 5.82 Å². The lowest BCUT2D eigenvalue weighted by Gasteiger charge is -2.38. The van der Waals surface area contributed by atoms with E-state index in [-0.39, 0.29) is 0 Å². The molecule has 0 radical (unpaired) electrons. The Hall–Kier alpha value is -1.09. The molecular weight excluding hydrogens is 234 g/mol. The summed E-state index contributed by atoms with van der Waals surface area (Å²) >= 11 is 0. The Morgan fingerprint density at radius 2 is 2.16 bits per heavy atom. The summed E-state index contributed by atoms with van der Waals surface area (Å²) in [6.45, 7) is 7.03. The van der Waals surface area contributed by atoms with E-state index in [1.54, 1.807) is 0 Å². The van der Waals surface area contributed by atoms with Crippen LogP contribution in [0.1, 0.15) is 44.7 Å². The molecule has 106 valence electrons. The molecule has 2 rings (SSSR count). The van der Waals surface area contributed by atoms with Gasteiger partial charge in [-0.3, -0.25) is 4.90 Å². The fraction of sp³-hybridized carbons (Fsp3) is 0.688. The summed E-state index contributed by atoms with van der Waals surface area (Å²) in [4.78, 5) is 9.35. The molecule has 0 spiro atoms. The molecule has 1 aliphatic rings. The van der Waals surface area contributed by atoms with Crippen molar-refractivity contribution < 1.29 is 0 Å². The number of hydrogen-bond acceptors (Lipinski definition) is 3. The summed E-state index contributed by atoms with van der Waals surface area (Å²) < 4.78 is 0. The third-order valence-electron chi connectivity index (χ3n) is 3.81. The van der Waals surface area contributed by atoms with Gasteiger partial charge in [0.1, 0.15) is 5.82 Å². The van der Waals surface area contributed by atoms with Gasteiger partial charge in [0, 0.05) is 38.4 Å². The van der Waals surface area contributed by atoms with Crippen LogP contribution in [0.15, 0.2) is 18.3 Å². The summed E-state index contributed by atoms with van der Waals surface area (Å²) in [7, 11) is 4.17. The lowest BCUT2D eigenvalue weighted by molar-refractivity contribution is 0.132. The zero-order chi connectivity index (χ0) is 13.8. The third-order valence-corrected chi connectivity index (χ3v) is 3.81. The molecule has 1 saturated heterocycles. The second kappa shape index (κ2) is 6.38. The Morgan fingerprint density at radius 1 is 1.37 bits per heavy atom. The fourth-order valence-corrected chi connectivity index (χ4v) is 3.07. The normalized spacial score (nSPS) is 20.8. The van der Waals surface area contributed by atoms with Crippen LogP contribution in [-0.2, 0) is 0 Å². The van der Waals surface area contributed by atoms with Crippen LogP contribution >= 0.6 is 0 Å². The zero-order valence-electron chi connectivity index (χ0n) is 12.8. The molecule has 1 atom stereocenters. The molecule has 0 aromatic carbocycles. The van der Waals surface area contributed by atoms with Crippen LogP contribution < -0.4 is 4.90 Å². The minimum atomic E-state index is 0.544. The van der Waals surface area contributed by atoms with Gasteiger partial charge in [-0.25, -0.2) is 4.98 Å². The quantitative estimate of drug-likeness (QED) is 0.828. The summed E-state index contributed by atoms with van der Waals surface area (Å²) in [6.07, 6.45) is 5.83. The second-order valence-corrected chi connectivity index (χ2v) is 6.21. The summed E-state index contributed by atoms with van der Waals surface area (Å²) in [5.74, 6) is 1.85. The number of rotatable bonds is 4. The van der Waals surface area contributed by atoms with Crippen molar-refractivity contribution in [3.8, 4) is 0 Å². The second-order valence-electron chi connectivity index (χ2n) is 6.21. The number of aromatic nitrogens is 1. The van der Waals surface area contributed by atoms with E-state index in [2.05, 4.69) is 54.9 Å². The van der Waals surface area contributed by atoms with Gasteiger partial charge in [0.15, 0.2) is 0 Å². The molecule has 1 aromatic heterocycles. The lowest BCUT2D eigenvalue weighted by Crippen LogP contribution is -2.36. The molecule has 0 saturated carbocycles. The SMILES string of the molecule is CC(C)CN1CCCC[C@H]1c1cccnc1N(C)C. The first-order valence-electron chi connectivity index (χ1n) is 7.46. The molecule has 3 heteroatoms. The van der Waals surface area contributed by atoms with Gasteiger partial charge in [-0.05, 0) is 31.4 Å². The van der Waals surface area contributed by atoms with Crippen molar-refractivity contribution in [2.24, 2.45) is 5.92 Å². The van der Waals surface area contributed by atoms with E-state index < -0.39 is 0 Å². The van der Waals surface area contributed by atoms with E-state index >= 15 is 0 Å². The summed E-state index contributed by atoms with van der Waals surface area (Å²) in [6, 6.07) is 4.87. The Kier molecular flexibility index (Phi) is 4.81. The first-order chi connectivity index (χ1) is 9.09. The topological polar surface area (TPSA) is 19.4 Å². The molecule has 0 amide bonds. The van der Waals surface area contributed by atoms with Crippen molar-refractivity contribution in [2.45, 2.75) is 39.2 Å². The number of hydrogen-bond donors (Lipinski definition) is 0. The molecule has 1 fully saturated rings. The van der Waals surface area contributed by atoms with Gasteiger partial charge in [0.05, 0.1) is 0 Å². The van der Waals surface area contributed by atoms with Crippen molar-refractivity contribution >= 4 is 5.82 Å². The highest BCUT2D eigenvalue weighted by molar-refractivity contribution is 5.47. The first kappa shape index (κ1) is 14.3. The largest absolute Gasteiger partial charge is 0.362 e. The first-order valence-corrected chi connectivity index (χ1v) is 7.46. The molecule has 2 heterocycles. The predicted molar refractivity (Wildman–Crippen MR) is 81.6 cm³/mol. The Morgan fingerprint density at radius 3 is 2.84 bits per heavy atom. The number of likely N-dealkylation sites (tertiary alicyclic amines) is 1. The maximum atomic E-state index is 4.57. The number of piperidine rings is 1.